The number of rotatable bonds is 4. The van der Waals surface area contributed by atoms with Crippen LogP contribution >= 0.6 is 0 Å². The van der Waals surface area contributed by atoms with E-state index in [4.69, 9.17) is 4.74 Å². The molecule has 0 radical (unpaired) electrons. The fourth-order valence-corrected chi connectivity index (χ4v) is 1.73. The average molecular weight is 241 g/mol. The van der Waals surface area contributed by atoms with Crippen LogP contribution in [0.15, 0.2) is 48.5 Å². The van der Waals surface area contributed by atoms with Crippen LogP contribution in [0.4, 0.5) is 5.69 Å². The molecule has 0 spiro atoms. The molecular formula is C15H15NO2. The lowest BCUT2D eigenvalue weighted by atomic mass is 10.1. The first-order valence-corrected chi connectivity index (χ1v) is 5.76. The molecule has 92 valence electrons. The van der Waals surface area contributed by atoms with Gasteiger partial charge in [0.05, 0.1) is 0 Å². The molecule has 2 rings (SSSR count). The van der Waals surface area contributed by atoms with E-state index >= 15 is 0 Å². The van der Waals surface area contributed by atoms with Gasteiger partial charge in [-0.3, -0.25) is 4.79 Å². The molecular weight excluding hydrogens is 226 g/mol. The molecule has 0 aromatic heterocycles. The highest BCUT2D eigenvalue weighted by Gasteiger charge is 2.07. The minimum atomic E-state index is 0.0330. The monoisotopic (exact) mass is 241 g/mol. The molecule has 2 aromatic carbocycles. The Labute approximate surface area is 106 Å². The summed E-state index contributed by atoms with van der Waals surface area (Å²) in [6, 6.07) is 14.9. The fourth-order valence-electron chi connectivity index (χ4n) is 1.73. The van der Waals surface area contributed by atoms with E-state index in [9.17, 15) is 4.79 Å². The Morgan fingerprint density at radius 1 is 1.06 bits per heavy atom. The predicted octanol–water partition coefficient (Wildman–Crippen LogP) is 3.72. The summed E-state index contributed by atoms with van der Waals surface area (Å²) in [6.45, 7) is 1.55. The lowest BCUT2D eigenvalue weighted by Crippen LogP contribution is -2.00. The number of hydrogen-bond donors (Lipinski definition) is 1. The van der Waals surface area contributed by atoms with Crippen molar-refractivity contribution in [1.82, 2.24) is 0 Å². The van der Waals surface area contributed by atoms with E-state index in [1.54, 1.807) is 26.1 Å². The van der Waals surface area contributed by atoms with Crippen LogP contribution in [-0.4, -0.2) is 12.8 Å². The Bertz CT molecular complexity index is 550. The van der Waals surface area contributed by atoms with E-state index in [0.717, 1.165) is 11.4 Å². The first-order chi connectivity index (χ1) is 8.70. The smallest absolute Gasteiger partial charge is 0.161 e. The SMILES string of the molecule is CNc1cc(Oc2ccccc2)ccc1C(C)=O. The molecule has 0 saturated carbocycles. The van der Waals surface area contributed by atoms with Gasteiger partial charge in [-0.05, 0) is 31.2 Å². The van der Waals surface area contributed by atoms with Crippen molar-refractivity contribution in [3.05, 3.63) is 54.1 Å². The van der Waals surface area contributed by atoms with Gasteiger partial charge in [0, 0.05) is 24.4 Å². The summed E-state index contributed by atoms with van der Waals surface area (Å²) in [7, 11) is 1.79. The molecule has 0 bridgehead atoms. The van der Waals surface area contributed by atoms with Crippen LogP contribution in [0.5, 0.6) is 11.5 Å². The molecule has 18 heavy (non-hydrogen) atoms. The highest BCUT2D eigenvalue weighted by molar-refractivity contribution is 5.99. The molecule has 0 amide bonds. The highest BCUT2D eigenvalue weighted by atomic mass is 16.5. The van der Waals surface area contributed by atoms with Crippen LogP contribution < -0.4 is 10.1 Å². The Morgan fingerprint density at radius 2 is 1.78 bits per heavy atom. The lowest BCUT2D eigenvalue weighted by molar-refractivity contribution is 0.101. The van der Waals surface area contributed by atoms with Gasteiger partial charge in [-0.1, -0.05) is 18.2 Å². The number of carbonyl (C=O) groups excluding carboxylic acids is 1. The molecule has 2 aromatic rings. The largest absolute Gasteiger partial charge is 0.457 e. The maximum absolute atomic E-state index is 11.4. The third-order valence-corrected chi connectivity index (χ3v) is 2.62. The second kappa shape index (κ2) is 5.36. The van der Waals surface area contributed by atoms with Crippen LogP contribution in [0.1, 0.15) is 17.3 Å². The predicted molar refractivity (Wildman–Crippen MR) is 72.5 cm³/mol. The van der Waals surface area contributed by atoms with E-state index in [1.807, 2.05) is 36.4 Å². The number of ketones is 1. The van der Waals surface area contributed by atoms with Gasteiger partial charge in [-0.15, -0.1) is 0 Å². The number of para-hydroxylation sites is 1. The Balaban J connectivity index is 2.28. The fraction of sp³-hybridized carbons (Fsp3) is 0.133. The number of benzene rings is 2. The summed E-state index contributed by atoms with van der Waals surface area (Å²) < 4.78 is 5.70. The summed E-state index contributed by atoms with van der Waals surface area (Å²) in [4.78, 5) is 11.4. The summed E-state index contributed by atoms with van der Waals surface area (Å²) in [5.74, 6) is 1.51. The van der Waals surface area contributed by atoms with Crippen molar-refractivity contribution in [3.8, 4) is 11.5 Å². The summed E-state index contributed by atoms with van der Waals surface area (Å²) in [5, 5.41) is 3.00. The zero-order valence-corrected chi connectivity index (χ0v) is 10.4. The highest BCUT2D eigenvalue weighted by Crippen LogP contribution is 2.26. The maximum atomic E-state index is 11.4. The second-order valence-corrected chi connectivity index (χ2v) is 3.93. The van der Waals surface area contributed by atoms with Gasteiger partial charge < -0.3 is 10.1 Å². The molecule has 0 unspecified atom stereocenters. The number of carbonyl (C=O) groups is 1. The van der Waals surface area contributed by atoms with Crippen molar-refractivity contribution in [2.45, 2.75) is 6.92 Å². The van der Waals surface area contributed by atoms with Gasteiger partial charge in [0.15, 0.2) is 5.78 Å². The van der Waals surface area contributed by atoms with Gasteiger partial charge in [0.2, 0.25) is 0 Å². The minimum Gasteiger partial charge on any atom is -0.457 e. The van der Waals surface area contributed by atoms with Gasteiger partial charge in [0.1, 0.15) is 11.5 Å². The molecule has 0 aliphatic carbocycles. The van der Waals surface area contributed by atoms with Crippen LogP contribution in [0.3, 0.4) is 0 Å². The normalized spacial score (nSPS) is 9.89. The summed E-state index contributed by atoms with van der Waals surface area (Å²) in [6.07, 6.45) is 0. The van der Waals surface area contributed by atoms with Crippen molar-refractivity contribution in [2.75, 3.05) is 12.4 Å². The first kappa shape index (κ1) is 12.2. The molecule has 3 nitrogen and oxygen atoms in total. The molecule has 0 saturated heterocycles. The summed E-state index contributed by atoms with van der Waals surface area (Å²) >= 11 is 0. The quantitative estimate of drug-likeness (QED) is 0.829. The number of anilines is 1. The summed E-state index contributed by atoms with van der Waals surface area (Å²) in [5.41, 5.74) is 1.44. The van der Waals surface area contributed by atoms with E-state index in [0.29, 0.717) is 11.3 Å². The third kappa shape index (κ3) is 2.69. The van der Waals surface area contributed by atoms with Crippen molar-refractivity contribution in [3.63, 3.8) is 0 Å². The number of Topliss-reactive ketones (excluding diaryl/α,β-unsaturated/α-hetero) is 1. The maximum Gasteiger partial charge on any atom is 0.161 e. The molecule has 3 heteroatoms. The molecule has 0 atom stereocenters. The number of hydrogen-bond acceptors (Lipinski definition) is 3. The number of ether oxygens (including phenoxy) is 1. The van der Waals surface area contributed by atoms with Crippen molar-refractivity contribution in [2.24, 2.45) is 0 Å². The number of nitrogens with one attached hydrogen (secondary N) is 1. The minimum absolute atomic E-state index is 0.0330. The Hall–Kier alpha value is -2.29. The van der Waals surface area contributed by atoms with Crippen LogP contribution in [0, 0.1) is 0 Å². The van der Waals surface area contributed by atoms with E-state index in [1.165, 1.54) is 0 Å². The van der Waals surface area contributed by atoms with E-state index in [2.05, 4.69) is 5.32 Å². The van der Waals surface area contributed by atoms with Gasteiger partial charge in [-0.25, -0.2) is 0 Å². The third-order valence-electron chi connectivity index (χ3n) is 2.62. The van der Waals surface area contributed by atoms with Gasteiger partial charge >= 0.3 is 0 Å². The van der Waals surface area contributed by atoms with Gasteiger partial charge in [0.25, 0.3) is 0 Å². The van der Waals surface area contributed by atoms with E-state index < -0.39 is 0 Å². The van der Waals surface area contributed by atoms with E-state index in [-0.39, 0.29) is 5.78 Å². The van der Waals surface area contributed by atoms with Gasteiger partial charge in [-0.2, -0.15) is 0 Å². The lowest BCUT2D eigenvalue weighted by Gasteiger charge is -2.10. The zero-order valence-electron chi connectivity index (χ0n) is 10.4. The topological polar surface area (TPSA) is 38.3 Å². The molecule has 0 aliphatic rings. The van der Waals surface area contributed by atoms with Crippen molar-refractivity contribution in [1.29, 1.82) is 0 Å². The Morgan fingerprint density at radius 3 is 2.39 bits per heavy atom. The van der Waals surface area contributed by atoms with Crippen molar-refractivity contribution >= 4 is 11.5 Å². The molecule has 0 heterocycles. The standard InChI is InChI=1S/C15H15NO2/c1-11(17)14-9-8-13(10-15(14)16-2)18-12-6-4-3-5-7-12/h3-10,16H,1-2H3. The average Bonchev–Trinajstić information content (AvgIpc) is 2.39. The van der Waals surface area contributed by atoms with Crippen molar-refractivity contribution < 1.29 is 9.53 Å². The Kier molecular flexibility index (Phi) is 3.63. The molecule has 0 aliphatic heterocycles. The van der Waals surface area contributed by atoms with Crippen LogP contribution in [-0.2, 0) is 0 Å². The van der Waals surface area contributed by atoms with Crippen LogP contribution in [0.2, 0.25) is 0 Å². The second-order valence-electron chi connectivity index (χ2n) is 3.93. The molecule has 1 N–H and O–H groups in total. The zero-order chi connectivity index (χ0) is 13.0. The van der Waals surface area contributed by atoms with Crippen LogP contribution in [0.25, 0.3) is 0 Å². The molecule has 0 fully saturated rings. The first-order valence-electron chi connectivity index (χ1n) is 5.76.